The number of nitrogens with one attached hydrogen (secondary N) is 1. The second-order valence-electron chi connectivity index (χ2n) is 6.10. The number of benzene rings is 2. The molecule has 0 spiro atoms. The molecular weight excluding hydrogens is 364 g/mol. The third kappa shape index (κ3) is 7.15. The van der Waals surface area contributed by atoms with Crippen LogP contribution in [0.1, 0.15) is 18.1 Å². The number of amides is 1. The van der Waals surface area contributed by atoms with Crippen molar-refractivity contribution in [1.29, 1.82) is 0 Å². The van der Waals surface area contributed by atoms with Crippen molar-refractivity contribution in [3.8, 4) is 5.75 Å². The molecule has 6 nitrogen and oxygen atoms in total. The average molecular weight is 388 g/mol. The van der Waals surface area contributed by atoms with E-state index in [2.05, 4.69) is 4.72 Å². The van der Waals surface area contributed by atoms with Gasteiger partial charge in [-0.3, -0.25) is 9.52 Å². The summed E-state index contributed by atoms with van der Waals surface area (Å²) in [5.74, 6) is 0.686. The van der Waals surface area contributed by atoms with Crippen LogP contribution >= 0.6 is 0 Å². The van der Waals surface area contributed by atoms with Crippen molar-refractivity contribution in [3.05, 3.63) is 65.7 Å². The maximum atomic E-state index is 12.3. The lowest BCUT2D eigenvalue weighted by Gasteiger charge is -2.15. The second-order valence-corrected chi connectivity index (χ2v) is 7.85. The van der Waals surface area contributed by atoms with Crippen molar-refractivity contribution < 1.29 is 17.9 Å². The molecule has 0 aromatic heterocycles. The first kappa shape index (κ1) is 20.5. The fourth-order valence-electron chi connectivity index (χ4n) is 2.38. The Balaban J connectivity index is 1.93. The lowest BCUT2D eigenvalue weighted by Crippen LogP contribution is -2.24. The number of rotatable bonds is 8. The van der Waals surface area contributed by atoms with Crippen LogP contribution in [-0.2, 0) is 21.4 Å². The first-order valence-electron chi connectivity index (χ1n) is 8.49. The highest BCUT2D eigenvalue weighted by atomic mass is 32.2. The van der Waals surface area contributed by atoms with Crippen molar-refractivity contribution in [2.75, 3.05) is 24.6 Å². The van der Waals surface area contributed by atoms with Gasteiger partial charge < -0.3 is 9.64 Å². The summed E-state index contributed by atoms with van der Waals surface area (Å²) < 4.78 is 30.2. The summed E-state index contributed by atoms with van der Waals surface area (Å²) in [6, 6.07) is 14.4. The maximum absolute atomic E-state index is 12.3. The highest BCUT2D eigenvalue weighted by molar-refractivity contribution is 7.92. The van der Waals surface area contributed by atoms with Gasteiger partial charge in [0.15, 0.2) is 0 Å². The number of sulfonamides is 1. The summed E-state index contributed by atoms with van der Waals surface area (Å²) >= 11 is 0. The third-order valence-electron chi connectivity index (χ3n) is 3.66. The van der Waals surface area contributed by atoms with E-state index in [-0.39, 0.29) is 5.91 Å². The predicted molar refractivity (Wildman–Crippen MR) is 108 cm³/mol. The molecule has 0 saturated heterocycles. The first-order chi connectivity index (χ1) is 12.8. The van der Waals surface area contributed by atoms with Crippen LogP contribution in [0.5, 0.6) is 5.75 Å². The van der Waals surface area contributed by atoms with Crippen LogP contribution in [0.3, 0.4) is 0 Å². The van der Waals surface area contributed by atoms with Gasteiger partial charge in [0.2, 0.25) is 15.9 Å². The molecular formula is C20H24N2O4S. The number of carbonyl (C=O) groups is 1. The molecule has 0 bridgehead atoms. The molecule has 7 heteroatoms. The van der Waals surface area contributed by atoms with Crippen LogP contribution in [0.25, 0.3) is 6.08 Å². The summed E-state index contributed by atoms with van der Waals surface area (Å²) in [6.45, 7) is 3.04. The number of anilines is 1. The van der Waals surface area contributed by atoms with E-state index in [0.29, 0.717) is 18.8 Å². The van der Waals surface area contributed by atoms with E-state index in [9.17, 15) is 13.2 Å². The molecule has 1 amide bonds. The Labute approximate surface area is 160 Å². The number of hydrogen-bond donors (Lipinski definition) is 1. The van der Waals surface area contributed by atoms with E-state index in [1.165, 1.54) is 6.08 Å². The Bertz CT molecular complexity index is 889. The van der Waals surface area contributed by atoms with Crippen molar-refractivity contribution in [1.82, 2.24) is 4.90 Å². The minimum absolute atomic E-state index is 0.123. The molecule has 0 aliphatic carbocycles. The van der Waals surface area contributed by atoms with Crippen molar-refractivity contribution in [2.24, 2.45) is 0 Å². The highest BCUT2D eigenvalue weighted by Crippen LogP contribution is 2.14. The van der Waals surface area contributed by atoms with Crippen molar-refractivity contribution >= 4 is 27.7 Å². The molecule has 2 aromatic carbocycles. The quantitative estimate of drug-likeness (QED) is 0.705. The predicted octanol–water partition coefficient (Wildman–Crippen LogP) is 3.13. The van der Waals surface area contributed by atoms with Gasteiger partial charge in [0, 0.05) is 25.4 Å². The Morgan fingerprint density at radius 3 is 2.30 bits per heavy atom. The van der Waals surface area contributed by atoms with Gasteiger partial charge in [-0.2, -0.15) is 0 Å². The van der Waals surface area contributed by atoms with E-state index in [1.807, 2.05) is 31.2 Å². The standard InChI is InChI=1S/C20H24N2O4S/c1-4-26-19-12-7-17(8-13-19)15-22(2)20(23)14-9-16-5-10-18(11-6-16)21-27(3,24)25/h5-14,21H,4,15H2,1-3H3/b14-9+. The zero-order chi connectivity index (χ0) is 19.9. The normalized spacial score (nSPS) is 11.4. The van der Waals surface area contributed by atoms with Gasteiger partial charge in [0.05, 0.1) is 12.9 Å². The van der Waals surface area contributed by atoms with Crippen molar-refractivity contribution in [2.45, 2.75) is 13.5 Å². The first-order valence-corrected chi connectivity index (χ1v) is 10.4. The molecule has 0 heterocycles. The molecule has 0 atom stereocenters. The number of nitrogens with zero attached hydrogens (tertiary/aromatic N) is 1. The van der Waals surface area contributed by atoms with Gasteiger partial charge in [-0.1, -0.05) is 24.3 Å². The van der Waals surface area contributed by atoms with Gasteiger partial charge >= 0.3 is 0 Å². The van der Waals surface area contributed by atoms with Crippen LogP contribution in [0.4, 0.5) is 5.69 Å². The van der Waals surface area contributed by atoms with E-state index in [0.717, 1.165) is 23.1 Å². The van der Waals surface area contributed by atoms with Gasteiger partial charge in [-0.05, 0) is 48.4 Å². The van der Waals surface area contributed by atoms with Gasteiger partial charge in [0.25, 0.3) is 0 Å². The molecule has 0 fully saturated rings. The Morgan fingerprint density at radius 1 is 1.11 bits per heavy atom. The maximum Gasteiger partial charge on any atom is 0.246 e. The monoisotopic (exact) mass is 388 g/mol. The Kier molecular flexibility index (Phi) is 7.01. The Hall–Kier alpha value is -2.80. The molecule has 0 aliphatic heterocycles. The Morgan fingerprint density at radius 2 is 1.74 bits per heavy atom. The topological polar surface area (TPSA) is 75.7 Å². The third-order valence-corrected chi connectivity index (χ3v) is 4.27. The highest BCUT2D eigenvalue weighted by Gasteiger charge is 2.06. The second kappa shape index (κ2) is 9.23. The van der Waals surface area contributed by atoms with E-state index in [4.69, 9.17) is 4.74 Å². The van der Waals surface area contributed by atoms with E-state index in [1.54, 1.807) is 42.3 Å². The molecule has 2 rings (SSSR count). The molecule has 0 unspecified atom stereocenters. The fraction of sp³-hybridized carbons (Fsp3) is 0.250. The molecule has 2 aromatic rings. The summed E-state index contributed by atoms with van der Waals surface area (Å²) in [7, 11) is -1.56. The number of carbonyl (C=O) groups excluding carboxylic acids is 1. The molecule has 0 aliphatic rings. The molecule has 1 N–H and O–H groups in total. The van der Waals surface area contributed by atoms with Gasteiger partial charge in [0.1, 0.15) is 5.75 Å². The number of ether oxygens (including phenoxy) is 1. The van der Waals surface area contributed by atoms with Gasteiger partial charge in [-0.25, -0.2) is 8.42 Å². The molecule has 0 saturated carbocycles. The van der Waals surface area contributed by atoms with Crippen LogP contribution < -0.4 is 9.46 Å². The van der Waals surface area contributed by atoms with Crippen LogP contribution in [0.15, 0.2) is 54.6 Å². The van der Waals surface area contributed by atoms with E-state index < -0.39 is 10.0 Å². The van der Waals surface area contributed by atoms with Gasteiger partial charge in [-0.15, -0.1) is 0 Å². The smallest absolute Gasteiger partial charge is 0.246 e. The summed E-state index contributed by atoms with van der Waals surface area (Å²) in [5.41, 5.74) is 2.30. The molecule has 0 radical (unpaired) electrons. The molecule has 27 heavy (non-hydrogen) atoms. The van der Waals surface area contributed by atoms with Crippen molar-refractivity contribution in [3.63, 3.8) is 0 Å². The SMILES string of the molecule is CCOc1ccc(CN(C)C(=O)/C=C/c2ccc(NS(C)(=O)=O)cc2)cc1. The van der Waals surface area contributed by atoms with Crippen LogP contribution in [0, 0.1) is 0 Å². The molecule has 144 valence electrons. The van der Waals surface area contributed by atoms with Crippen LogP contribution in [0.2, 0.25) is 0 Å². The lowest BCUT2D eigenvalue weighted by molar-refractivity contribution is -0.125. The summed E-state index contributed by atoms with van der Waals surface area (Å²) in [5, 5.41) is 0. The largest absolute Gasteiger partial charge is 0.494 e. The fourth-order valence-corrected chi connectivity index (χ4v) is 2.94. The minimum Gasteiger partial charge on any atom is -0.494 e. The minimum atomic E-state index is -3.30. The van der Waals surface area contributed by atoms with Crippen LogP contribution in [-0.4, -0.2) is 39.1 Å². The van der Waals surface area contributed by atoms with E-state index >= 15 is 0 Å². The lowest BCUT2D eigenvalue weighted by atomic mass is 10.2. The summed E-state index contributed by atoms with van der Waals surface area (Å²) in [6.07, 6.45) is 4.29. The zero-order valence-corrected chi connectivity index (χ0v) is 16.5. The number of hydrogen-bond acceptors (Lipinski definition) is 4. The average Bonchev–Trinajstić information content (AvgIpc) is 2.61. The zero-order valence-electron chi connectivity index (χ0n) is 15.7. The number of likely N-dealkylation sites (N-methyl/N-ethyl adjacent to an activating group) is 1. The summed E-state index contributed by atoms with van der Waals surface area (Å²) in [4.78, 5) is 13.9.